The number of amides is 1. The number of unbranched alkanes of at least 4 members (excludes halogenated alkanes) is 1. The molecule has 0 atom stereocenters. The molecule has 1 aliphatic rings. The van der Waals surface area contributed by atoms with Gasteiger partial charge in [0.05, 0.1) is 13.0 Å². The topological polar surface area (TPSA) is 55.8 Å². The van der Waals surface area contributed by atoms with Crippen molar-refractivity contribution in [2.45, 2.75) is 52.4 Å². The molecule has 0 aliphatic heterocycles. The van der Waals surface area contributed by atoms with Crippen LogP contribution in [0.25, 0.3) is 0 Å². The lowest BCUT2D eigenvalue weighted by molar-refractivity contribution is -0.144. The number of carbonyl (C=O) groups is 2. The first-order chi connectivity index (χ1) is 10.2. The van der Waals surface area contributed by atoms with E-state index in [0.717, 1.165) is 38.7 Å². The molecule has 1 rings (SSSR count). The number of nitrogens with zero attached hydrogens (tertiary/aromatic N) is 1. The second-order valence-electron chi connectivity index (χ2n) is 5.47. The number of hydrogen-bond donors (Lipinski definition) is 0. The van der Waals surface area contributed by atoms with Crippen molar-refractivity contribution in [3.8, 4) is 0 Å². The second-order valence-corrected chi connectivity index (χ2v) is 5.47. The van der Waals surface area contributed by atoms with E-state index >= 15 is 0 Å². The molecule has 0 N–H and O–H groups in total. The minimum absolute atomic E-state index is 0.188. The zero-order valence-electron chi connectivity index (χ0n) is 13.4. The van der Waals surface area contributed by atoms with E-state index in [1.54, 1.807) is 11.8 Å². The van der Waals surface area contributed by atoms with Crippen molar-refractivity contribution in [1.82, 2.24) is 4.90 Å². The fourth-order valence-corrected chi connectivity index (χ4v) is 2.09. The number of rotatable bonds is 12. The zero-order chi connectivity index (χ0) is 15.5. The monoisotopic (exact) mass is 299 g/mol. The van der Waals surface area contributed by atoms with Crippen LogP contribution in [0.15, 0.2) is 0 Å². The first kappa shape index (κ1) is 18.0. The average molecular weight is 299 g/mol. The van der Waals surface area contributed by atoms with Crippen LogP contribution in [0, 0.1) is 5.92 Å². The summed E-state index contributed by atoms with van der Waals surface area (Å²) in [6.07, 6.45) is 5.29. The van der Waals surface area contributed by atoms with Crippen molar-refractivity contribution in [3.63, 3.8) is 0 Å². The Morgan fingerprint density at radius 1 is 1.10 bits per heavy atom. The average Bonchev–Trinajstić information content (AvgIpc) is 3.30. The van der Waals surface area contributed by atoms with Crippen LogP contribution in [0.3, 0.4) is 0 Å². The summed E-state index contributed by atoms with van der Waals surface area (Å²) in [4.78, 5) is 25.4. The summed E-state index contributed by atoms with van der Waals surface area (Å²) in [5, 5.41) is 0. The van der Waals surface area contributed by atoms with E-state index in [2.05, 4.69) is 6.92 Å². The van der Waals surface area contributed by atoms with E-state index in [0.29, 0.717) is 26.3 Å². The normalized spacial score (nSPS) is 14.0. The highest BCUT2D eigenvalue weighted by molar-refractivity contribution is 5.81. The van der Waals surface area contributed by atoms with Gasteiger partial charge in [-0.1, -0.05) is 13.3 Å². The van der Waals surface area contributed by atoms with Crippen molar-refractivity contribution in [3.05, 3.63) is 0 Å². The summed E-state index contributed by atoms with van der Waals surface area (Å²) in [5.74, 6) is 0.145. The maximum absolute atomic E-state index is 12.2. The van der Waals surface area contributed by atoms with Crippen LogP contribution < -0.4 is 0 Å². The Labute approximate surface area is 128 Å². The maximum Gasteiger partial charge on any atom is 0.307 e. The Kier molecular flexibility index (Phi) is 9.06. The number of esters is 1. The van der Waals surface area contributed by atoms with Crippen LogP contribution in [-0.2, 0) is 19.1 Å². The minimum atomic E-state index is -0.231. The van der Waals surface area contributed by atoms with Crippen LogP contribution in [0.5, 0.6) is 0 Å². The van der Waals surface area contributed by atoms with Gasteiger partial charge in [0.15, 0.2) is 0 Å². The molecule has 0 saturated heterocycles. The van der Waals surface area contributed by atoms with Crippen LogP contribution in [-0.4, -0.2) is 49.7 Å². The van der Waals surface area contributed by atoms with Crippen LogP contribution in [0.2, 0.25) is 0 Å². The van der Waals surface area contributed by atoms with E-state index in [4.69, 9.17) is 9.47 Å². The molecular formula is C16H29NO4. The summed E-state index contributed by atoms with van der Waals surface area (Å²) < 4.78 is 10.4. The lowest BCUT2D eigenvalue weighted by Gasteiger charge is -2.22. The van der Waals surface area contributed by atoms with Gasteiger partial charge in [-0.05, 0) is 32.6 Å². The first-order valence-electron chi connectivity index (χ1n) is 8.21. The van der Waals surface area contributed by atoms with Crippen molar-refractivity contribution < 1.29 is 19.1 Å². The third-order valence-electron chi connectivity index (χ3n) is 3.49. The fourth-order valence-electron chi connectivity index (χ4n) is 2.09. The molecule has 0 unspecified atom stereocenters. The molecule has 1 fully saturated rings. The predicted octanol–water partition coefficient (Wildman–Crippen LogP) is 2.39. The van der Waals surface area contributed by atoms with Crippen LogP contribution in [0.4, 0.5) is 0 Å². The predicted molar refractivity (Wildman–Crippen MR) is 80.9 cm³/mol. The third-order valence-corrected chi connectivity index (χ3v) is 3.49. The highest BCUT2D eigenvalue weighted by atomic mass is 16.5. The number of ether oxygens (including phenoxy) is 2. The van der Waals surface area contributed by atoms with Gasteiger partial charge in [-0.15, -0.1) is 0 Å². The van der Waals surface area contributed by atoms with Crippen molar-refractivity contribution in [2.24, 2.45) is 5.92 Å². The molecule has 1 saturated carbocycles. The lowest BCUT2D eigenvalue weighted by Crippen LogP contribution is -2.35. The number of carbonyl (C=O) groups excluding carboxylic acids is 2. The molecular weight excluding hydrogens is 270 g/mol. The first-order valence-corrected chi connectivity index (χ1v) is 8.21. The molecule has 0 spiro atoms. The van der Waals surface area contributed by atoms with E-state index in [1.807, 2.05) is 0 Å². The summed E-state index contributed by atoms with van der Waals surface area (Å²) in [6, 6.07) is 0. The van der Waals surface area contributed by atoms with Gasteiger partial charge in [0.2, 0.25) is 5.91 Å². The molecule has 5 heteroatoms. The summed E-state index contributed by atoms with van der Waals surface area (Å²) >= 11 is 0. The summed E-state index contributed by atoms with van der Waals surface area (Å²) in [7, 11) is 0. The minimum Gasteiger partial charge on any atom is -0.466 e. The summed E-state index contributed by atoms with van der Waals surface area (Å²) in [5.41, 5.74) is 0. The Hall–Kier alpha value is -1.10. The molecule has 0 bridgehead atoms. The molecule has 5 nitrogen and oxygen atoms in total. The second kappa shape index (κ2) is 10.6. The van der Waals surface area contributed by atoms with Gasteiger partial charge in [-0.3, -0.25) is 9.59 Å². The largest absolute Gasteiger partial charge is 0.466 e. The molecule has 0 aromatic heterocycles. The van der Waals surface area contributed by atoms with Gasteiger partial charge in [0.1, 0.15) is 0 Å². The highest BCUT2D eigenvalue weighted by Crippen LogP contribution is 2.31. The molecule has 1 amide bonds. The van der Waals surface area contributed by atoms with Gasteiger partial charge in [-0.25, -0.2) is 0 Å². The van der Waals surface area contributed by atoms with Gasteiger partial charge >= 0.3 is 5.97 Å². The van der Waals surface area contributed by atoms with Gasteiger partial charge < -0.3 is 14.4 Å². The van der Waals surface area contributed by atoms with Crippen molar-refractivity contribution >= 4 is 11.9 Å². The van der Waals surface area contributed by atoms with Crippen LogP contribution in [0.1, 0.15) is 52.4 Å². The number of hydrogen-bond acceptors (Lipinski definition) is 4. The molecule has 0 heterocycles. The van der Waals surface area contributed by atoms with E-state index in [9.17, 15) is 9.59 Å². The Balaban J connectivity index is 2.24. The van der Waals surface area contributed by atoms with E-state index in [-0.39, 0.29) is 24.2 Å². The lowest BCUT2D eigenvalue weighted by atomic mass is 10.2. The van der Waals surface area contributed by atoms with E-state index < -0.39 is 0 Å². The highest BCUT2D eigenvalue weighted by Gasteiger charge is 2.33. The standard InChI is InChI=1S/C16H29NO4/c1-3-5-12-20-13-6-10-17(16(19)14-7-8-14)11-9-15(18)21-4-2/h14H,3-13H2,1-2H3. The van der Waals surface area contributed by atoms with Gasteiger partial charge in [0, 0.05) is 32.2 Å². The third kappa shape index (κ3) is 8.05. The molecule has 21 heavy (non-hydrogen) atoms. The van der Waals surface area contributed by atoms with Gasteiger partial charge in [-0.2, -0.15) is 0 Å². The molecule has 0 radical (unpaired) electrons. The van der Waals surface area contributed by atoms with Crippen molar-refractivity contribution in [1.29, 1.82) is 0 Å². The quantitative estimate of drug-likeness (QED) is 0.410. The van der Waals surface area contributed by atoms with Crippen molar-refractivity contribution in [2.75, 3.05) is 32.9 Å². The Morgan fingerprint density at radius 2 is 1.81 bits per heavy atom. The maximum atomic E-state index is 12.2. The smallest absolute Gasteiger partial charge is 0.307 e. The SMILES string of the molecule is CCCCOCCCN(CCC(=O)OCC)C(=O)C1CC1. The molecule has 0 aromatic rings. The Bertz CT molecular complexity index is 315. The molecule has 1 aliphatic carbocycles. The van der Waals surface area contributed by atoms with Crippen LogP contribution >= 0.6 is 0 Å². The van der Waals surface area contributed by atoms with E-state index in [1.165, 1.54) is 0 Å². The fraction of sp³-hybridized carbons (Fsp3) is 0.875. The zero-order valence-corrected chi connectivity index (χ0v) is 13.4. The Morgan fingerprint density at radius 3 is 2.43 bits per heavy atom. The summed E-state index contributed by atoms with van der Waals surface area (Å²) in [6.45, 7) is 6.90. The molecule has 122 valence electrons. The molecule has 0 aromatic carbocycles. The van der Waals surface area contributed by atoms with Gasteiger partial charge in [0.25, 0.3) is 0 Å².